The molecule has 0 bridgehead atoms. The number of carbonyl (C=O) groups excluding carboxylic acids is 2. The maximum Gasteiger partial charge on any atom is 0.332 e. The minimum absolute atomic E-state index is 0.00657. The molecule has 0 spiro atoms. The van der Waals surface area contributed by atoms with Gasteiger partial charge in [-0.25, -0.2) is 9.78 Å². The highest BCUT2D eigenvalue weighted by atomic mass is 79.9. The fourth-order valence-electron chi connectivity index (χ4n) is 3.50. The topological polar surface area (TPSA) is 91.0 Å². The SMILES string of the molecule is CCc1nc2c(c3c1C(=O)C(Sc1cccc(Br)c1)=CC3=O)c(=O)n(C)c(=O)n2C. The molecule has 0 fully saturated rings. The van der Waals surface area contributed by atoms with Gasteiger partial charge in [0.1, 0.15) is 5.65 Å². The number of rotatable bonds is 3. The lowest BCUT2D eigenvalue weighted by atomic mass is 9.90. The molecular weight excluding hydrogens is 470 g/mol. The molecule has 0 aliphatic heterocycles. The quantitative estimate of drug-likeness (QED) is 0.566. The molecule has 1 aliphatic carbocycles. The number of fused-ring (bicyclic) bond motifs is 3. The summed E-state index contributed by atoms with van der Waals surface area (Å²) in [5, 5.41) is -0.00657. The average molecular weight is 486 g/mol. The first-order valence-corrected chi connectivity index (χ1v) is 10.7. The fraction of sp³-hybridized carbons (Fsp3) is 0.190. The van der Waals surface area contributed by atoms with Gasteiger partial charge in [0.05, 0.1) is 27.1 Å². The van der Waals surface area contributed by atoms with Crippen molar-refractivity contribution in [1.29, 1.82) is 0 Å². The zero-order valence-electron chi connectivity index (χ0n) is 16.4. The van der Waals surface area contributed by atoms with Gasteiger partial charge >= 0.3 is 5.69 Å². The number of hydrogen-bond donors (Lipinski definition) is 0. The Hall–Kier alpha value is -2.78. The molecule has 2 aromatic heterocycles. The Kier molecular flexibility index (Phi) is 5.11. The Morgan fingerprint density at radius 1 is 1.07 bits per heavy atom. The van der Waals surface area contributed by atoms with Gasteiger partial charge in [-0.2, -0.15) is 0 Å². The Bertz CT molecular complexity index is 1420. The number of ketones is 2. The minimum Gasteiger partial charge on any atom is -0.289 e. The zero-order valence-corrected chi connectivity index (χ0v) is 18.8. The molecule has 3 aromatic rings. The van der Waals surface area contributed by atoms with Crippen LogP contribution in [0.1, 0.15) is 33.3 Å². The zero-order chi connectivity index (χ0) is 21.7. The van der Waals surface area contributed by atoms with Crippen LogP contribution in [0.5, 0.6) is 0 Å². The van der Waals surface area contributed by atoms with Gasteiger partial charge in [0, 0.05) is 29.5 Å². The number of hydrogen-bond acceptors (Lipinski definition) is 6. The van der Waals surface area contributed by atoms with Crippen LogP contribution in [0.2, 0.25) is 0 Å². The highest BCUT2D eigenvalue weighted by molar-refractivity contribution is 9.10. The van der Waals surface area contributed by atoms with E-state index in [0.717, 1.165) is 13.9 Å². The van der Waals surface area contributed by atoms with Crippen LogP contribution in [0.3, 0.4) is 0 Å². The van der Waals surface area contributed by atoms with E-state index in [1.54, 1.807) is 0 Å². The molecule has 1 aliphatic rings. The van der Waals surface area contributed by atoms with Crippen molar-refractivity contribution in [3.8, 4) is 0 Å². The van der Waals surface area contributed by atoms with Crippen LogP contribution in [0.25, 0.3) is 11.0 Å². The molecule has 7 nitrogen and oxygen atoms in total. The first-order chi connectivity index (χ1) is 14.2. The van der Waals surface area contributed by atoms with Gasteiger partial charge in [0.25, 0.3) is 5.56 Å². The molecule has 2 heterocycles. The molecule has 0 atom stereocenters. The molecule has 0 unspecified atom stereocenters. The lowest BCUT2D eigenvalue weighted by Gasteiger charge is -2.20. The number of aryl methyl sites for hydroxylation is 2. The third kappa shape index (κ3) is 3.09. The van der Waals surface area contributed by atoms with Crippen molar-refractivity contribution in [3.05, 3.63) is 77.4 Å². The second kappa shape index (κ2) is 7.48. The summed E-state index contributed by atoms with van der Waals surface area (Å²) in [4.78, 5) is 57.1. The summed E-state index contributed by atoms with van der Waals surface area (Å²) in [6.45, 7) is 1.81. The summed E-state index contributed by atoms with van der Waals surface area (Å²) in [6, 6.07) is 7.40. The normalized spacial score (nSPS) is 13.5. The second-order valence-corrected chi connectivity index (χ2v) is 8.86. The monoisotopic (exact) mass is 485 g/mol. The molecule has 1 aromatic carbocycles. The van der Waals surface area contributed by atoms with E-state index in [9.17, 15) is 19.2 Å². The van der Waals surface area contributed by atoms with Crippen molar-refractivity contribution in [2.75, 3.05) is 0 Å². The van der Waals surface area contributed by atoms with E-state index in [-0.39, 0.29) is 32.8 Å². The van der Waals surface area contributed by atoms with E-state index in [4.69, 9.17) is 0 Å². The number of thioether (sulfide) groups is 1. The van der Waals surface area contributed by atoms with Crippen molar-refractivity contribution >= 4 is 50.3 Å². The molecule has 30 heavy (non-hydrogen) atoms. The number of benzene rings is 1. The molecule has 0 saturated carbocycles. The summed E-state index contributed by atoms with van der Waals surface area (Å²) < 4.78 is 3.00. The van der Waals surface area contributed by atoms with Crippen molar-refractivity contribution in [2.45, 2.75) is 18.2 Å². The Balaban J connectivity index is 2.00. The lowest BCUT2D eigenvalue weighted by molar-refractivity contribution is 0.0991. The van der Waals surface area contributed by atoms with E-state index in [2.05, 4.69) is 20.9 Å². The largest absolute Gasteiger partial charge is 0.332 e. The number of allylic oxidation sites excluding steroid dienone is 2. The average Bonchev–Trinajstić information content (AvgIpc) is 2.72. The molecular formula is C21H16BrN3O4S. The minimum atomic E-state index is -0.642. The van der Waals surface area contributed by atoms with E-state index in [1.165, 1.54) is 36.5 Å². The van der Waals surface area contributed by atoms with Crippen LogP contribution in [0.15, 0.2) is 54.2 Å². The lowest BCUT2D eigenvalue weighted by Crippen LogP contribution is -2.39. The highest BCUT2D eigenvalue weighted by Crippen LogP contribution is 2.36. The Morgan fingerprint density at radius 3 is 2.47 bits per heavy atom. The third-order valence-corrected chi connectivity index (χ3v) is 6.49. The maximum absolute atomic E-state index is 13.4. The van der Waals surface area contributed by atoms with Gasteiger partial charge in [-0.1, -0.05) is 40.7 Å². The third-order valence-electron chi connectivity index (χ3n) is 4.98. The van der Waals surface area contributed by atoms with Gasteiger partial charge in [-0.3, -0.25) is 23.5 Å². The first-order valence-electron chi connectivity index (χ1n) is 9.11. The smallest absolute Gasteiger partial charge is 0.289 e. The van der Waals surface area contributed by atoms with Crippen LogP contribution < -0.4 is 11.2 Å². The van der Waals surface area contributed by atoms with Gasteiger partial charge in [-0.05, 0) is 24.6 Å². The van der Waals surface area contributed by atoms with Crippen LogP contribution in [-0.2, 0) is 20.5 Å². The van der Waals surface area contributed by atoms with Crippen molar-refractivity contribution in [1.82, 2.24) is 14.1 Å². The van der Waals surface area contributed by atoms with Gasteiger partial charge in [0.2, 0.25) is 5.78 Å². The molecule has 0 saturated heterocycles. The number of pyridine rings is 1. The van der Waals surface area contributed by atoms with Crippen molar-refractivity contribution in [3.63, 3.8) is 0 Å². The molecule has 9 heteroatoms. The van der Waals surface area contributed by atoms with E-state index < -0.39 is 17.0 Å². The number of nitrogens with zero attached hydrogens (tertiary/aromatic N) is 3. The summed E-state index contributed by atoms with van der Waals surface area (Å²) in [6.07, 6.45) is 1.63. The van der Waals surface area contributed by atoms with Crippen LogP contribution in [0, 0.1) is 0 Å². The first kappa shape index (κ1) is 20.5. The van der Waals surface area contributed by atoms with Crippen molar-refractivity contribution in [2.24, 2.45) is 14.1 Å². The maximum atomic E-state index is 13.4. The molecule has 0 N–H and O–H groups in total. The molecule has 4 rings (SSSR count). The van der Waals surface area contributed by atoms with Crippen molar-refractivity contribution < 1.29 is 9.59 Å². The van der Waals surface area contributed by atoms with Gasteiger partial charge in [-0.15, -0.1) is 0 Å². The predicted octanol–water partition coefficient (Wildman–Crippen LogP) is 3.01. The van der Waals surface area contributed by atoms with Crippen LogP contribution in [0.4, 0.5) is 0 Å². The fourth-order valence-corrected chi connectivity index (χ4v) is 4.99. The molecule has 0 amide bonds. The van der Waals surface area contributed by atoms with E-state index >= 15 is 0 Å². The summed E-state index contributed by atoms with van der Waals surface area (Å²) in [5.74, 6) is -0.795. The number of halogens is 1. The molecule has 152 valence electrons. The predicted molar refractivity (Wildman–Crippen MR) is 118 cm³/mol. The van der Waals surface area contributed by atoms with E-state index in [0.29, 0.717) is 12.1 Å². The second-order valence-electron chi connectivity index (χ2n) is 6.83. The van der Waals surface area contributed by atoms with Gasteiger partial charge in [0.15, 0.2) is 5.78 Å². The standard InChI is InChI=1S/C21H16BrN3O4S/c1-4-12-15-16(17-19(23-12)24(2)21(29)25(3)20(17)28)13(26)9-14(18(15)27)30-11-7-5-6-10(22)8-11/h5-9H,4H2,1-3H3. The highest BCUT2D eigenvalue weighted by Gasteiger charge is 2.33. The number of aromatic nitrogens is 3. The van der Waals surface area contributed by atoms with E-state index in [1.807, 2.05) is 31.2 Å². The van der Waals surface area contributed by atoms with Crippen LogP contribution >= 0.6 is 27.7 Å². The summed E-state index contributed by atoms with van der Waals surface area (Å²) in [7, 11) is 2.83. The molecule has 0 radical (unpaired) electrons. The van der Waals surface area contributed by atoms with Gasteiger partial charge < -0.3 is 0 Å². The van der Waals surface area contributed by atoms with Crippen LogP contribution in [-0.4, -0.2) is 25.7 Å². The summed E-state index contributed by atoms with van der Waals surface area (Å²) in [5.41, 5.74) is -0.520. The Morgan fingerprint density at radius 2 is 1.80 bits per heavy atom. The Labute approximate surface area is 183 Å². The summed E-state index contributed by atoms with van der Waals surface area (Å²) >= 11 is 4.58. The number of carbonyl (C=O) groups is 2. The number of Topliss-reactive ketones (excluding diaryl/α,β-unsaturated/α-hetero) is 1.